The Balaban J connectivity index is 0.000000471. The third-order valence-corrected chi connectivity index (χ3v) is 2.92. The molecule has 0 fully saturated rings. The SMILES string of the molecule is C=CC(=O)OCCCCCCCCC.Oc1ccccc1. The summed E-state index contributed by atoms with van der Waals surface area (Å²) in [5, 5.41) is 8.63. The number of carbonyl (C=O) groups is 1. The maximum atomic E-state index is 10.6. The topological polar surface area (TPSA) is 46.5 Å². The Kier molecular flexibility index (Phi) is 13.4. The zero-order valence-corrected chi connectivity index (χ0v) is 13.1. The van der Waals surface area contributed by atoms with Crippen LogP contribution in [0.25, 0.3) is 0 Å². The van der Waals surface area contributed by atoms with Gasteiger partial charge in [-0.3, -0.25) is 0 Å². The largest absolute Gasteiger partial charge is 0.508 e. The van der Waals surface area contributed by atoms with E-state index < -0.39 is 0 Å². The van der Waals surface area contributed by atoms with E-state index in [9.17, 15) is 4.79 Å². The van der Waals surface area contributed by atoms with Gasteiger partial charge in [0.25, 0.3) is 0 Å². The van der Waals surface area contributed by atoms with Crippen LogP contribution in [0.5, 0.6) is 5.75 Å². The summed E-state index contributed by atoms with van der Waals surface area (Å²) in [7, 11) is 0. The molecule has 0 heterocycles. The number of ether oxygens (including phenoxy) is 1. The van der Waals surface area contributed by atoms with E-state index in [1.807, 2.05) is 6.07 Å². The lowest BCUT2D eigenvalue weighted by Gasteiger charge is -2.01. The van der Waals surface area contributed by atoms with E-state index in [0.717, 1.165) is 12.8 Å². The molecule has 0 radical (unpaired) electrons. The van der Waals surface area contributed by atoms with E-state index in [2.05, 4.69) is 13.5 Å². The Morgan fingerprint density at radius 1 is 1.10 bits per heavy atom. The third-order valence-electron chi connectivity index (χ3n) is 2.92. The fraction of sp³-hybridized carbons (Fsp3) is 0.500. The number of rotatable bonds is 9. The Morgan fingerprint density at radius 3 is 2.14 bits per heavy atom. The Hall–Kier alpha value is -1.77. The maximum Gasteiger partial charge on any atom is 0.330 e. The van der Waals surface area contributed by atoms with E-state index >= 15 is 0 Å². The summed E-state index contributed by atoms with van der Waals surface area (Å²) in [5.41, 5.74) is 0. The van der Waals surface area contributed by atoms with Gasteiger partial charge in [0.05, 0.1) is 6.61 Å². The molecule has 3 nitrogen and oxygen atoms in total. The highest BCUT2D eigenvalue weighted by Gasteiger charge is 1.95. The molecule has 0 amide bonds. The fourth-order valence-corrected chi connectivity index (χ4v) is 1.72. The second-order valence-electron chi connectivity index (χ2n) is 4.83. The zero-order chi connectivity index (χ0) is 15.8. The van der Waals surface area contributed by atoms with Gasteiger partial charge in [-0.25, -0.2) is 4.79 Å². The monoisotopic (exact) mass is 292 g/mol. The first kappa shape index (κ1) is 19.2. The van der Waals surface area contributed by atoms with Gasteiger partial charge < -0.3 is 9.84 Å². The van der Waals surface area contributed by atoms with Gasteiger partial charge in [-0.05, 0) is 18.6 Å². The molecule has 0 saturated heterocycles. The van der Waals surface area contributed by atoms with Gasteiger partial charge in [0.2, 0.25) is 0 Å². The minimum absolute atomic E-state index is 0.309. The number of aromatic hydroxyl groups is 1. The van der Waals surface area contributed by atoms with Crippen LogP contribution < -0.4 is 0 Å². The highest BCUT2D eigenvalue weighted by atomic mass is 16.5. The lowest BCUT2D eigenvalue weighted by Crippen LogP contribution is -2.01. The van der Waals surface area contributed by atoms with E-state index in [1.165, 1.54) is 38.2 Å². The van der Waals surface area contributed by atoms with Gasteiger partial charge in [0.15, 0.2) is 0 Å². The molecule has 1 N–H and O–H groups in total. The molecule has 21 heavy (non-hydrogen) atoms. The maximum absolute atomic E-state index is 10.6. The molecule has 0 spiro atoms. The summed E-state index contributed by atoms with van der Waals surface area (Å²) in [6.45, 7) is 6.09. The molecule has 1 aromatic rings. The van der Waals surface area contributed by atoms with Crippen LogP contribution in [0.15, 0.2) is 43.0 Å². The van der Waals surface area contributed by atoms with Gasteiger partial charge in [-0.1, -0.05) is 70.2 Å². The van der Waals surface area contributed by atoms with Crippen molar-refractivity contribution in [3.05, 3.63) is 43.0 Å². The Bertz CT molecular complexity index is 360. The summed E-state index contributed by atoms with van der Waals surface area (Å²) in [5.74, 6) is 0.0125. The third kappa shape index (κ3) is 14.4. The summed E-state index contributed by atoms with van der Waals surface area (Å²) in [6, 6.07) is 8.71. The normalized spacial score (nSPS) is 9.38. The lowest BCUT2D eigenvalue weighted by molar-refractivity contribution is -0.137. The zero-order valence-electron chi connectivity index (χ0n) is 13.1. The van der Waals surface area contributed by atoms with Gasteiger partial charge in [-0.2, -0.15) is 0 Å². The van der Waals surface area contributed by atoms with Crippen molar-refractivity contribution in [1.29, 1.82) is 0 Å². The highest BCUT2D eigenvalue weighted by Crippen LogP contribution is 2.06. The van der Waals surface area contributed by atoms with E-state index in [0.29, 0.717) is 12.4 Å². The average Bonchev–Trinajstić information content (AvgIpc) is 2.51. The standard InChI is InChI=1S/C12H22O2.C6H6O/c1-3-5-6-7-8-9-10-11-14-12(13)4-2;7-6-4-2-1-3-5-6/h4H,2-3,5-11H2,1H3;1-5,7H. The summed E-state index contributed by atoms with van der Waals surface area (Å²) in [6.07, 6.45) is 9.88. The molecule has 118 valence electrons. The van der Waals surface area contributed by atoms with Crippen LogP contribution in [-0.4, -0.2) is 17.7 Å². The van der Waals surface area contributed by atoms with Crippen molar-refractivity contribution >= 4 is 5.97 Å². The van der Waals surface area contributed by atoms with Crippen LogP contribution in [0.3, 0.4) is 0 Å². The smallest absolute Gasteiger partial charge is 0.330 e. The van der Waals surface area contributed by atoms with Crippen LogP contribution in [0.4, 0.5) is 0 Å². The predicted octanol–water partition coefficient (Wildman–Crippen LogP) is 4.86. The first-order chi connectivity index (χ1) is 10.2. The van der Waals surface area contributed by atoms with Crippen LogP contribution in [0, 0.1) is 0 Å². The molecule has 0 bridgehead atoms. The molecule has 0 aliphatic rings. The second-order valence-corrected chi connectivity index (χ2v) is 4.83. The number of hydrogen-bond donors (Lipinski definition) is 1. The minimum atomic E-state index is -0.309. The quantitative estimate of drug-likeness (QED) is 0.402. The number of esters is 1. The number of hydrogen-bond acceptors (Lipinski definition) is 3. The molecule has 1 aromatic carbocycles. The summed E-state index contributed by atoms with van der Waals surface area (Å²) in [4.78, 5) is 10.6. The first-order valence-electron chi connectivity index (χ1n) is 7.74. The summed E-state index contributed by atoms with van der Waals surface area (Å²) < 4.78 is 4.86. The van der Waals surface area contributed by atoms with Crippen LogP contribution in [0.2, 0.25) is 0 Å². The minimum Gasteiger partial charge on any atom is -0.508 e. The van der Waals surface area contributed by atoms with E-state index in [1.54, 1.807) is 24.3 Å². The lowest BCUT2D eigenvalue weighted by atomic mass is 10.1. The van der Waals surface area contributed by atoms with Crippen molar-refractivity contribution < 1.29 is 14.6 Å². The number of para-hydroxylation sites is 1. The molecule has 3 heteroatoms. The number of carbonyl (C=O) groups excluding carboxylic acids is 1. The molecule has 0 saturated carbocycles. The van der Waals surface area contributed by atoms with Crippen molar-refractivity contribution in [2.45, 2.75) is 51.9 Å². The molecule has 0 aromatic heterocycles. The first-order valence-corrected chi connectivity index (χ1v) is 7.74. The van der Waals surface area contributed by atoms with Crippen LogP contribution >= 0.6 is 0 Å². The predicted molar refractivity (Wildman–Crippen MR) is 87.3 cm³/mol. The molecule has 0 aliphatic heterocycles. The van der Waals surface area contributed by atoms with Crippen molar-refractivity contribution in [1.82, 2.24) is 0 Å². The molecule has 1 rings (SSSR count). The number of unbranched alkanes of at least 4 members (excludes halogenated alkanes) is 6. The van der Waals surface area contributed by atoms with E-state index in [-0.39, 0.29) is 5.97 Å². The fourth-order valence-electron chi connectivity index (χ4n) is 1.72. The molecule has 0 atom stereocenters. The molecular formula is C18H28O3. The van der Waals surface area contributed by atoms with Crippen LogP contribution in [-0.2, 0) is 9.53 Å². The number of phenolic OH excluding ortho intramolecular Hbond substituents is 1. The Morgan fingerprint density at radius 2 is 1.67 bits per heavy atom. The van der Waals surface area contributed by atoms with Crippen LogP contribution in [0.1, 0.15) is 51.9 Å². The van der Waals surface area contributed by atoms with Gasteiger partial charge in [0.1, 0.15) is 5.75 Å². The van der Waals surface area contributed by atoms with Crippen molar-refractivity contribution in [2.24, 2.45) is 0 Å². The van der Waals surface area contributed by atoms with Gasteiger partial charge in [0, 0.05) is 6.08 Å². The molecular weight excluding hydrogens is 264 g/mol. The highest BCUT2D eigenvalue weighted by molar-refractivity contribution is 5.81. The van der Waals surface area contributed by atoms with E-state index in [4.69, 9.17) is 9.84 Å². The van der Waals surface area contributed by atoms with Crippen molar-refractivity contribution in [3.63, 3.8) is 0 Å². The molecule has 0 aliphatic carbocycles. The average molecular weight is 292 g/mol. The Labute approximate surface area is 128 Å². The van der Waals surface area contributed by atoms with Gasteiger partial charge >= 0.3 is 5.97 Å². The number of benzene rings is 1. The second kappa shape index (κ2) is 14.6. The van der Waals surface area contributed by atoms with Crippen molar-refractivity contribution in [3.8, 4) is 5.75 Å². The molecule has 0 unspecified atom stereocenters. The number of phenols is 1. The van der Waals surface area contributed by atoms with Gasteiger partial charge in [-0.15, -0.1) is 0 Å². The summed E-state index contributed by atoms with van der Waals surface area (Å²) >= 11 is 0. The van der Waals surface area contributed by atoms with Crippen molar-refractivity contribution in [2.75, 3.05) is 6.61 Å².